The van der Waals surface area contributed by atoms with Crippen molar-refractivity contribution in [2.24, 2.45) is 0 Å². The fourth-order valence-electron chi connectivity index (χ4n) is 0.983. The molecule has 0 aliphatic heterocycles. The van der Waals surface area contributed by atoms with Crippen molar-refractivity contribution in [1.29, 1.82) is 5.26 Å². The van der Waals surface area contributed by atoms with Gasteiger partial charge in [-0.25, -0.2) is 4.98 Å². The van der Waals surface area contributed by atoms with Crippen molar-refractivity contribution in [1.82, 2.24) is 9.36 Å². The summed E-state index contributed by atoms with van der Waals surface area (Å²) < 4.78 is 4.01. The van der Waals surface area contributed by atoms with E-state index in [2.05, 4.69) is 20.7 Å². The van der Waals surface area contributed by atoms with Crippen molar-refractivity contribution in [3.05, 3.63) is 35.3 Å². The van der Waals surface area contributed by atoms with Gasteiger partial charge in [-0.05, 0) is 35.8 Å². The van der Waals surface area contributed by atoms with Crippen LogP contribution in [-0.4, -0.2) is 9.36 Å². The third-order valence-electron chi connectivity index (χ3n) is 1.63. The van der Waals surface area contributed by atoms with Crippen LogP contribution < -0.4 is 5.32 Å². The summed E-state index contributed by atoms with van der Waals surface area (Å²) in [6, 6.07) is 9.18. The molecule has 2 rings (SSSR count). The number of nitriles is 1. The largest absolute Gasteiger partial charge is 0.323 e. The number of benzene rings is 1. The Morgan fingerprint density at radius 2 is 2.07 bits per heavy atom. The first kappa shape index (κ1) is 8.66. The van der Waals surface area contributed by atoms with Crippen LogP contribution >= 0.6 is 11.5 Å². The molecule has 0 aliphatic rings. The van der Waals surface area contributed by atoms with Crippen molar-refractivity contribution < 1.29 is 0 Å². The van der Waals surface area contributed by atoms with Crippen LogP contribution in [0.3, 0.4) is 0 Å². The van der Waals surface area contributed by atoms with Crippen molar-refractivity contribution in [3.63, 3.8) is 0 Å². The summed E-state index contributed by atoms with van der Waals surface area (Å²) in [4.78, 5) is 3.99. The molecule has 68 valence electrons. The molecule has 0 unspecified atom stereocenters. The molecule has 1 aromatic heterocycles. The molecule has 0 spiro atoms. The fourth-order valence-corrected chi connectivity index (χ4v) is 1.37. The Hall–Kier alpha value is -1.93. The molecular weight excluding hydrogens is 196 g/mol. The number of rotatable bonds is 2. The maximum atomic E-state index is 8.59. The predicted molar refractivity (Wildman–Crippen MR) is 54.3 cm³/mol. The smallest absolute Gasteiger partial charge is 0.238 e. The number of aromatic nitrogens is 2. The van der Waals surface area contributed by atoms with Crippen LogP contribution in [0.4, 0.5) is 11.6 Å². The van der Waals surface area contributed by atoms with Crippen LogP contribution in [0.2, 0.25) is 0 Å². The molecule has 0 aliphatic carbocycles. The van der Waals surface area contributed by atoms with Gasteiger partial charge in [-0.2, -0.15) is 9.64 Å². The average molecular weight is 202 g/mol. The normalized spacial score (nSPS) is 9.36. The maximum absolute atomic E-state index is 8.59. The highest BCUT2D eigenvalue weighted by atomic mass is 32.1. The highest BCUT2D eigenvalue weighted by Crippen LogP contribution is 2.13. The molecule has 0 bridgehead atoms. The number of nitrogens with zero attached hydrogens (tertiary/aromatic N) is 3. The molecular formula is C9H6N4S. The van der Waals surface area contributed by atoms with E-state index in [1.54, 1.807) is 17.6 Å². The highest BCUT2D eigenvalue weighted by molar-refractivity contribution is 7.03. The van der Waals surface area contributed by atoms with Crippen molar-refractivity contribution in [3.8, 4) is 6.07 Å². The van der Waals surface area contributed by atoms with Crippen LogP contribution in [-0.2, 0) is 0 Å². The van der Waals surface area contributed by atoms with E-state index in [0.717, 1.165) is 5.69 Å². The lowest BCUT2D eigenvalue weighted by Crippen LogP contribution is -1.91. The standard InChI is InChI=1S/C9H6N4S/c10-5-7-1-3-8(4-2-7)12-9-11-6-14-13-9/h1-4,6H,(H,12,13). The zero-order chi connectivity index (χ0) is 9.80. The van der Waals surface area contributed by atoms with Gasteiger partial charge in [0.1, 0.15) is 5.51 Å². The molecule has 2 aromatic rings. The second-order valence-electron chi connectivity index (χ2n) is 2.57. The maximum Gasteiger partial charge on any atom is 0.238 e. The van der Waals surface area contributed by atoms with Gasteiger partial charge in [-0.15, -0.1) is 0 Å². The first-order valence-electron chi connectivity index (χ1n) is 3.92. The zero-order valence-electron chi connectivity index (χ0n) is 7.14. The summed E-state index contributed by atoms with van der Waals surface area (Å²) in [7, 11) is 0. The van der Waals surface area contributed by atoms with E-state index in [1.165, 1.54) is 11.5 Å². The Morgan fingerprint density at radius 1 is 1.29 bits per heavy atom. The molecule has 1 aromatic carbocycles. The molecule has 1 N–H and O–H groups in total. The molecule has 14 heavy (non-hydrogen) atoms. The van der Waals surface area contributed by atoms with Crippen molar-refractivity contribution in [2.45, 2.75) is 0 Å². The predicted octanol–water partition coefficient (Wildman–Crippen LogP) is 2.15. The Morgan fingerprint density at radius 3 is 2.64 bits per heavy atom. The van der Waals surface area contributed by atoms with Gasteiger partial charge in [0.05, 0.1) is 11.6 Å². The minimum atomic E-state index is 0.583. The van der Waals surface area contributed by atoms with Gasteiger partial charge in [0.2, 0.25) is 5.95 Å². The Kier molecular flexibility index (Phi) is 2.38. The SMILES string of the molecule is N#Cc1ccc(Nc2ncsn2)cc1. The molecule has 0 atom stereocenters. The lowest BCUT2D eigenvalue weighted by Gasteiger charge is -2.00. The fraction of sp³-hybridized carbons (Fsp3) is 0. The number of anilines is 2. The topological polar surface area (TPSA) is 61.6 Å². The average Bonchev–Trinajstić information content (AvgIpc) is 2.72. The minimum Gasteiger partial charge on any atom is -0.323 e. The van der Waals surface area contributed by atoms with Crippen molar-refractivity contribution >= 4 is 23.2 Å². The quantitative estimate of drug-likeness (QED) is 0.810. The van der Waals surface area contributed by atoms with Crippen LogP contribution in [0.1, 0.15) is 5.56 Å². The van der Waals surface area contributed by atoms with E-state index < -0.39 is 0 Å². The number of hydrogen-bond acceptors (Lipinski definition) is 5. The number of hydrogen-bond donors (Lipinski definition) is 1. The van der Waals surface area contributed by atoms with E-state index >= 15 is 0 Å². The summed E-state index contributed by atoms with van der Waals surface area (Å²) in [5.41, 5.74) is 3.18. The molecule has 0 radical (unpaired) electrons. The molecule has 5 heteroatoms. The third-order valence-corrected chi connectivity index (χ3v) is 2.11. The van der Waals surface area contributed by atoms with E-state index in [1.807, 2.05) is 12.1 Å². The summed E-state index contributed by atoms with van der Waals surface area (Å²) in [5, 5.41) is 11.6. The Balaban J connectivity index is 2.15. The monoisotopic (exact) mass is 202 g/mol. The molecule has 4 nitrogen and oxygen atoms in total. The molecule has 0 fully saturated rings. The Labute approximate surface area is 85.0 Å². The van der Waals surface area contributed by atoms with Gasteiger partial charge in [0, 0.05) is 5.69 Å². The van der Waals surface area contributed by atoms with Crippen LogP contribution in [0.15, 0.2) is 29.8 Å². The second-order valence-corrected chi connectivity index (χ2v) is 3.17. The Bertz CT molecular complexity index is 441. The molecule has 0 saturated carbocycles. The first-order valence-corrected chi connectivity index (χ1v) is 4.76. The van der Waals surface area contributed by atoms with Gasteiger partial charge in [0.15, 0.2) is 0 Å². The van der Waals surface area contributed by atoms with Gasteiger partial charge >= 0.3 is 0 Å². The summed E-state index contributed by atoms with van der Waals surface area (Å²) in [5.74, 6) is 0.583. The number of nitrogens with one attached hydrogen (secondary N) is 1. The van der Waals surface area contributed by atoms with E-state index in [0.29, 0.717) is 11.5 Å². The highest BCUT2D eigenvalue weighted by Gasteiger charge is 1.97. The summed E-state index contributed by atoms with van der Waals surface area (Å²) >= 11 is 1.29. The van der Waals surface area contributed by atoms with E-state index in [-0.39, 0.29) is 0 Å². The van der Waals surface area contributed by atoms with Gasteiger partial charge in [-0.1, -0.05) is 0 Å². The first-order chi connectivity index (χ1) is 6.88. The van der Waals surface area contributed by atoms with E-state index in [4.69, 9.17) is 5.26 Å². The van der Waals surface area contributed by atoms with Gasteiger partial charge < -0.3 is 5.32 Å². The van der Waals surface area contributed by atoms with E-state index in [9.17, 15) is 0 Å². The zero-order valence-corrected chi connectivity index (χ0v) is 7.95. The lowest BCUT2D eigenvalue weighted by atomic mass is 10.2. The summed E-state index contributed by atoms with van der Waals surface area (Å²) in [6.07, 6.45) is 0. The molecule has 0 amide bonds. The van der Waals surface area contributed by atoms with Crippen LogP contribution in [0.25, 0.3) is 0 Å². The summed E-state index contributed by atoms with van der Waals surface area (Å²) in [6.45, 7) is 0. The van der Waals surface area contributed by atoms with Gasteiger partial charge in [0.25, 0.3) is 0 Å². The van der Waals surface area contributed by atoms with Gasteiger partial charge in [-0.3, -0.25) is 0 Å². The minimum absolute atomic E-state index is 0.583. The molecule has 1 heterocycles. The van der Waals surface area contributed by atoms with Crippen LogP contribution in [0.5, 0.6) is 0 Å². The van der Waals surface area contributed by atoms with Crippen molar-refractivity contribution in [2.75, 3.05) is 5.32 Å². The third kappa shape index (κ3) is 1.87. The van der Waals surface area contributed by atoms with Crippen LogP contribution in [0, 0.1) is 11.3 Å². The lowest BCUT2D eigenvalue weighted by molar-refractivity contribution is 1.30. The second kappa shape index (κ2) is 3.85. The molecule has 0 saturated heterocycles.